The molecule has 62 valence electrons. The van der Waals surface area contributed by atoms with E-state index in [1.807, 2.05) is 0 Å². The van der Waals surface area contributed by atoms with Gasteiger partial charge in [-0.05, 0) is 0 Å². The minimum Gasteiger partial charge on any atom is -0.272 e. The predicted molar refractivity (Wildman–Crippen MR) is 51.1 cm³/mol. The Morgan fingerprint density at radius 2 is 1.82 bits per heavy atom. The van der Waals surface area contributed by atoms with E-state index < -0.39 is 0 Å². The van der Waals surface area contributed by atoms with Gasteiger partial charge < -0.3 is 0 Å². The molecular weight excluding hydrogens is 227 g/mol. The van der Waals surface area contributed by atoms with Crippen LogP contribution in [0.2, 0.25) is 13.1 Å². The molecule has 0 fully saturated rings. The van der Waals surface area contributed by atoms with Crippen LogP contribution in [0.15, 0.2) is 17.2 Å². The molecule has 0 N–H and O–H groups in total. The third kappa shape index (κ3) is 6.96. The summed E-state index contributed by atoms with van der Waals surface area (Å²) in [5.41, 5.74) is 2.85. The van der Waals surface area contributed by atoms with E-state index in [4.69, 9.17) is 0 Å². The second kappa shape index (κ2) is 8.67. The van der Waals surface area contributed by atoms with Gasteiger partial charge in [-0.3, -0.25) is 6.08 Å². The maximum absolute atomic E-state index is 3.12. The molecule has 0 nitrogen and oxygen atoms in total. The van der Waals surface area contributed by atoms with Gasteiger partial charge in [0, 0.05) is 35.7 Å². The van der Waals surface area contributed by atoms with Gasteiger partial charge in [-0.25, -0.2) is 11.6 Å². The Hall–Kier alpha value is 0.580. The summed E-state index contributed by atoms with van der Waals surface area (Å²) < 4.78 is 0. The van der Waals surface area contributed by atoms with Gasteiger partial charge in [0.2, 0.25) is 0 Å². The van der Waals surface area contributed by atoms with Crippen LogP contribution in [0.25, 0.3) is 0 Å². The Kier molecular flexibility index (Phi) is 11.1. The smallest absolute Gasteiger partial charge is 0.0135 e. The van der Waals surface area contributed by atoms with Crippen molar-refractivity contribution in [3.8, 4) is 0 Å². The zero-order chi connectivity index (χ0) is 7.98. The standard InChI is InChI=1S/C7H9.C2H8Si.Zr/c1-6-4-3-5-7(6)2;1-3-2;/h4H,5H2,1-2H3;3H2,1-2H3;/q-1;;. The third-order valence-electron chi connectivity index (χ3n) is 1.36. The second-order valence-corrected chi connectivity index (χ2v) is 4.11. The molecule has 0 spiro atoms. The van der Waals surface area contributed by atoms with Gasteiger partial charge in [0.1, 0.15) is 0 Å². The number of hydrogen-bond acceptors (Lipinski definition) is 0. The fraction of sp³-hybridized carbons (Fsp3) is 0.556. The predicted octanol–water partition coefficient (Wildman–Crippen LogP) is 2.33. The van der Waals surface area contributed by atoms with E-state index in [1.54, 1.807) is 0 Å². The van der Waals surface area contributed by atoms with Gasteiger partial charge in [0.05, 0.1) is 0 Å². The summed E-state index contributed by atoms with van der Waals surface area (Å²) in [6, 6.07) is 0. The molecule has 0 aromatic carbocycles. The summed E-state index contributed by atoms with van der Waals surface area (Å²) in [6.07, 6.45) is 6.22. The zero-order valence-electron chi connectivity index (χ0n) is 7.99. The molecule has 0 aliphatic heterocycles. The normalized spacial score (nSPS) is 13.8. The molecule has 2 heteroatoms. The Bertz CT molecular complexity index is 148. The first-order valence-electron chi connectivity index (χ1n) is 3.95. The van der Waals surface area contributed by atoms with Crippen LogP contribution >= 0.6 is 0 Å². The first kappa shape index (κ1) is 14.1. The quantitative estimate of drug-likeness (QED) is 0.453. The minimum atomic E-state index is 0. The topological polar surface area (TPSA) is 0 Å². The Morgan fingerprint density at radius 3 is 1.91 bits per heavy atom. The monoisotopic (exact) mass is 243 g/mol. The van der Waals surface area contributed by atoms with Crippen molar-refractivity contribution in [3.05, 3.63) is 23.3 Å². The molecule has 1 aliphatic carbocycles. The van der Waals surface area contributed by atoms with Crippen LogP contribution in [-0.4, -0.2) is 9.52 Å². The minimum absolute atomic E-state index is 0. The summed E-state index contributed by atoms with van der Waals surface area (Å²) in [5.74, 6) is 0. The van der Waals surface area contributed by atoms with Crippen LogP contribution in [0.3, 0.4) is 0 Å². The average Bonchev–Trinajstić information content (AvgIpc) is 2.19. The first-order chi connectivity index (χ1) is 4.72. The van der Waals surface area contributed by atoms with E-state index in [9.17, 15) is 0 Å². The summed E-state index contributed by atoms with van der Waals surface area (Å²) in [5, 5.41) is 0. The van der Waals surface area contributed by atoms with Gasteiger partial charge in [0.25, 0.3) is 0 Å². The third-order valence-corrected chi connectivity index (χ3v) is 1.36. The van der Waals surface area contributed by atoms with E-state index in [1.165, 1.54) is 11.1 Å². The Labute approximate surface area is 92.1 Å². The Morgan fingerprint density at radius 1 is 1.36 bits per heavy atom. The van der Waals surface area contributed by atoms with Crippen molar-refractivity contribution in [1.29, 1.82) is 0 Å². The maximum atomic E-state index is 3.12. The molecule has 0 unspecified atom stereocenters. The summed E-state index contributed by atoms with van der Waals surface area (Å²) in [7, 11) is 0.417. The van der Waals surface area contributed by atoms with Gasteiger partial charge in [-0.15, -0.1) is 13.3 Å². The fourth-order valence-corrected chi connectivity index (χ4v) is 0.620. The van der Waals surface area contributed by atoms with Gasteiger partial charge in [-0.1, -0.05) is 20.0 Å². The van der Waals surface area contributed by atoms with Crippen LogP contribution in [-0.2, 0) is 26.2 Å². The van der Waals surface area contributed by atoms with E-state index in [0.29, 0.717) is 9.52 Å². The molecule has 0 radical (unpaired) electrons. The molecule has 1 aliphatic rings. The molecule has 0 saturated heterocycles. The van der Waals surface area contributed by atoms with Gasteiger partial charge >= 0.3 is 0 Å². The Balaban J connectivity index is 0. The fourth-order valence-electron chi connectivity index (χ4n) is 0.620. The van der Waals surface area contributed by atoms with Crippen molar-refractivity contribution < 1.29 is 26.2 Å². The zero-order valence-corrected chi connectivity index (χ0v) is 11.9. The van der Waals surface area contributed by atoms with Crippen LogP contribution in [0.4, 0.5) is 0 Å². The maximum Gasteiger partial charge on any atom is 0.0135 e. The molecule has 0 saturated carbocycles. The molecule has 0 heterocycles. The first-order valence-corrected chi connectivity index (χ1v) is 6.78. The summed E-state index contributed by atoms with van der Waals surface area (Å²) >= 11 is 0. The van der Waals surface area contributed by atoms with E-state index >= 15 is 0 Å². The van der Waals surface area contributed by atoms with Crippen molar-refractivity contribution in [1.82, 2.24) is 0 Å². The summed E-state index contributed by atoms with van der Waals surface area (Å²) in [4.78, 5) is 0. The molecular formula is C9H17SiZr-. The molecule has 11 heavy (non-hydrogen) atoms. The molecule has 0 atom stereocenters. The average molecular weight is 245 g/mol. The number of allylic oxidation sites excluding steroid dienone is 4. The number of rotatable bonds is 0. The van der Waals surface area contributed by atoms with E-state index in [2.05, 4.69) is 39.1 Å². The van der Waals surface area contributed by atoms with Crippen molar-refractivity contribution in [2.75, 3.05) is 0 Å². The molecule has 0 amide bonds. The van der Waals surface area contributed by atoms with Crippen molar-refractivity contribution >= 4 is 9.52 Å². The number of hydrogen-bond donors (Lipinski definition) is 0. The van der Waals surface area contributed by atoms with Gasteiger partial charge in [-0.2, -0.15) is 5.57 Å². The van der Waals surface area contributed by atoms with E-state index in [-0.39, 0.29) is 26.2 Å². The molecule has 0 aromatic rings. The molecule has 1 rings (SSSR count). The van der Waals surface area contributed by atoms with Crippen molar-refractivity contribution in [2.45, 2.75) is 33.4 Å². The van der Waals surface area contributed by atoms with Crippen molar-refractivity contribution in [2.24, 2.45) is 0 Å². The largest absolute Gasteiger partial charge is 0.272 e. The van der Waals surface area contributed by atoms with Crippen LogP contribution in [0.5, 0.6) is 0 Å². The molecule has 0 aromatic heterocycles. The molecule has 0 bridgehead atoms. The van der Waals surface area contributed by atoms with Gasteiger partial charge in [0.15, 0.2) is 0 Å². The summed E-state index contributed by atoms with van der Waals surface area (Å²) in [6.45, 7) is 8.79. The van der Waals surface area contributed by atoms with Crippen molar-refractivity contribution in [3.63, 3.8) is 0 Å². The van der Waals surface area contributed by atoms with Crippen LogP contribution < -0.4 is 0 Å². The van der Waals surface area contributed by atoms with Crippen LogP contribution in [0, 0.1) is 6.08 Å². The second-order valence-electron chi connectivity index (χ2n) is 2.70. The SMILES string of the molecule is CC1=C(C)C[C-]=C1.C[SiH2]C.[Zr]. The van der Waals surface area contributed by atoms with Crippen LogP contribution in [0.1, 0.15) is 20.3 Å². The van der Waals surface area contributed by atoms with E-state index in [0.717, 1.165) is 6.42 Å².